The van der Waals surface area contributed by atoms with Crippen molar-refractivity contribution in [3.05, 3.63) is 39.8 Å². The second-order valence-electron chi connectivity index (χ2n) is 3.71. The summed E-state index contributed by atoms with van der Waals surface area (Å²) in [6.07, 6.45) is 1.59. The van der Waals surface area contributed by atoms with E-state index in [9.17, 15) is 4.79 Å². The zero-order valence-corrected chi connectivity index (χ0v) is 11.3. The van der Waals surface area contributed by atoms with Crippen LogP contribution in [0.25, 0.3) is 11.2 Å². The van der Waals surface area contributed by atoms with Gasteiger partial charge in [0.2, 0.25) is 5.95 Å². The molecule has 0 saturated carbocycles. The van der Waals surface area contributed by atoms with Gasteiger partial charge >= 0.3 is 0 Å². The summed E-state index contributed by atoms with van der Waals surface area (Å²) in [4.78, 5) is 26.3. The van der Waals surface area contributed by atoms with Crippen LogP contribution in [0.5, 0.6) is 0 Å². The van der Waals surface area contributed by atoms with Crippen LogP contribution in [0.2, 0.25) is 0 Å². The first kappa shape index (κ1) is 12.1. The Labute approximate surface area is 116 Å². The monoisotopic (exact) mass is 291 g/mol. The van der Waals surface area contributed by atoms with E-state index in [-0.39, 0.29) is 22.7 Å². The minimum absolute atomic E-state index is 0.0508. The summed E-state index contributed by atoms with van der Waals surface area (Å²) in [5, 5.41) is 2.02. The van der Waals surface area contributed by atoms with Crippen molar-refractivity contribution < 1.29 is 0 Å². The van der Waals surface area contributed by atoms with Gasteiger partial charge in [-0.3, -0.25) is 9.78 Å². The topological polar surface area (TPSA) is 97.5 Å². The van der Waals surface area contributed by atoms with Gasteiger partial charge in [0.05, 0.1) is 16.1 Å². The number of rotatable bonds is 3. The number of nitrogens with zero attached hydrogens (tertiary/aromatic N) is 3. The number of nitrogens with two attached hydrogens (primary N) is 1. The lowest BCUT2D eigenvalue weighted by molar-refractivity contribution is 1.08. The fourth-order valence-electron chi connectivity index (χ4n) is 1.53. The molecule has 0 unspecified atom stereocenters. The molecule has 0 fully saturated rings. The lowest BCUT2D eigenvalue weighted by Gasteiger charge is -2.01. The van der Waals surface area contributed by atoms with Crippen LogP contribution < -0.4 is 11.3 Å². The minimum Gasteiger partial charge on any atom is -0.369 e. The number of nitrogen functional groups attached to an aromatic ring is 1. The summed E-state index contributed by atoms with van der Waals surface area (Å²) in [6.45, 7) is 0. The van der Waals surface area contributed by atoms with Crippen LogP contribution in [0.4, 0.5) is 5.95 Å². The fraction of sp³-hybridized carbons (Fsp3) is 0.0909. The first-order valence-electron chi connectivity index (χ1n) is 5.40. The molecule has 3 heterocycles. The maximum absolute atomic E-state index is 11.6. The van der Waals surface area contributed by atoms with E-state index in [4.69, 9.17) is 5.73 Å². The van der Waals surface area contributed by atoms with Crippen molar-refractivity contribution in [2.45, 2.75) is 9.96 Å². The maximum atomic E-state index is 11.6. The Morgan fingerprint density at radius 2 is 2.32 bits per heavy atom. The molecule has 6 nitrogen and oxygen atoms in total. The number of aromatic amines is 1. The van der Waals surface area contributed by atoms with Gasteiger partial charge in [0.15, 0.2) is 11.2 Å². The third kappa shape index (κ3) is 2.59. The number of H-pyrrole nitrogens is 1. The van der Waals surface area contributed by atoms with Gasteiger partial charge in [0.25, 0.3) is 5.56 Å². The number of fused-ring (bicyclic) bond motifs is 1. The van der Waals surface area contributed by atoms with E-state index >= 15 is 0 Å². The van der Waals surface area contributed by atoms with Gasteiger partial charge in [0.1, 0.15) is 0 Å². The van der Waals surface area contributed by atoms with Crippen LogP contribution in [0.15, 0.2) is 32.7 Å². The molecule has 0 aliphatic carbocycles. The van der Waals surface area contributed by atoms with E-state index < -0.39 is 0 Å². The van der Waals surface area contributed by atoms with Gasteiger partial charge in [-0.05, 0) is 11.4 Å². The van der Waals surface area contributed by atoms with Gasteiger partial charge in [-0.15, -0.1) is 23.1 Å². The molecule has 0 bridgehead atoms. The zero-order valence-electron chi connectivity index (χ0n) is 9.66. The molecule has 0 aliphatic heterocycles. The normalized spacial score (nSPS) is 10.9. The van der Waals surface area contributed by atoms with E-state index in [1.165, 1.54) is 4.21 Å². The highest BCUT2D eigenvalue weighted by atomic mass is 32.2. The summed E-state index contributed by atoms with van der Waals surface area (Å²) in [7, 11) is 0. The lowest BCUT2D eigenvalue weighted by Crippen LogP contribution is -2.13. The molecular weight excluding hydrogens is 282 g/mol. The van der Waals surface area contributed by atoms with Crippen molar-refractivity contribution in [3.8, 4) is 0 Å². The van der Waals surface area contributed by atoms with Crippen molar-refractivity contribution in [2.24, 2.45) is 0 Å². The Balaban J connectivity index is 1.91. The quantitative estimate of drug-likeness (QED) is 0.712. The van der Waals surface area contributed by atoms with Crippen LogP contribution in [0, 0.1) is 0 Å². The highest BCUT2D eigenvalue weighted by molar-refractivity contribution is 8.00. The molecule has 3 aromatic rings. The summed E-state index contributed by atoms with van der Waals surface area (Å²) >= 11 is 3.34. The molecule has 3 aromatic heterocycles. The average molecular weight is 291 g/mol. The van der Waals surface area contributed by atoms with E-state index in [1.54, 1.807) is 29.3 Å². The third-order valence-corrected chi connectivity index (χ3v) is 4.51. The number of thiophene rings is 1. The predicted octanol–water partition coefficient (Wildman–Crippen LogP) is 1.65. The molecular formula is C11H9N5OS2. The maximum Gasteiger partial charge on any atom is 0.280 e. The highest BCUT2D eigenvalue weighted by Crippen LogP contribution is 2.26. The van der Waals surface area contributed by atoms with Crippen molar-refractivity contribution >= 4 is 40.2 Å². The molecule has 96 valence electrons. The summed E-state index contributed by atoms with van der Waals surface area (Å²) in [6, 6.07) is 4.05. The average Bonchev–Trinajstić information content (AvgIpc) is 2.88. The molecule has 0 aromatic carbocycles. The Morgan fingerprint density at radius 3 is 3.11 bits per heavy atom. The Hall–Kier alpha value is -1.93. The molecule has 0 spiro atoms. The minimum atomic E-state index is -0.368. The van der Waals surface area contributed by atoms with Crippen molar-refractivity contribution in [3.63, 3.8) is 0 Å². The van der Waals surface area contributed by atoms with Crippen molar-refractivity contribution in [1.82, 2.24) is 19.9 Å². The second kappa shape index (κ2) is 4.98. The van der Waals surface area contributed by atoms with E-state index in [0.717, 1.165) is 5.69 Å². The lowest BCUT2D eigenvalue weighted by atomic mass is 10.4. The third-order valence-electron chi connectivity index (χ3n) is 2.34. The number of anilines is 1. The van der Waals surface area contributed by atoms with E-state index in [0.29, 0.717) is 5.75 Å². The van der Waals surface area contributed by atoms with Gasteiger partial charge in [-0.25, -0.2) is 9.97 Å². The van der Waals surface area contributed by atoms with Gasteiger partial charge in [-0.2, -0.15) is 4.98 Å². The number of aromatic nitrogens is 4. The second-order valence-corrected chi connectivity index (χ2v) is 5.93. The SMILES string of the molecule is Nc1nc2nc(CSc3cccs3)cnc2c(=O)[nH]1. The molecule has 8 heteroatoms. The molecule has 19 heavy (non-hydrogen) atoms. The van der Waals surface area contributed by atoms with Crippen LogP contribution in [-0.2, 0) is 5.75 Å². The standard InChI is InChI=1S/C11H9N5OS2/c12-11-15-9-8(10(17)16-11)13-4-6(14-9)5-19-7-2-1-3-18-7/h1-4H,5H2,(H3,12,14,15,16,17). The van der Waals surface area contributed by atoms with Crippen LogP contribution >= 0.6 is 23.1 Å². The van der Waals surface area contributed by atoms with Gasteiger partial charge in [0, 0.05) is 5.75 Å². The molecule has 3 rings (SSSR count). The molecule has 0 aliphatic rings. The van der Waals surface area contributed by atoms with Crippen LogP contribution in [0.3, 0.4) is 0 Å². The number of thioether (sulfide) groups is 1. The Bertz CT molecular complexity index is 768. The molecule has 0 amide bonds. The smallest absolute Gasteiger partial charge is 0.280 e. The summed E-state index contributed by atoms with van der Waals surface area (Å²) in [5.41, 5.74) is 6.38. The number of hydrogen-bond acceptors (Lipinski definition) is 7. The van der Waals surface area contributed by atoms with Gasteiger partial charge in [-0.1, -0.05) is 6.07 Å². The van der Waals surface area contributed by atoms with Crippen LogP contribution in [0.1, 0.15) is 5.69 Å². The largest absolute Gasteiger partial charge is 0.369 e. The predicted molar refractivity (Wildman–Crippen MR) is 76.2 cm³/mol. The first-order valence-corrected chi connectivity index (χ1v) is 7.26. The van der Waals surface area contributed by atoms with Gasteiger partial charge < -0.3 is 5.73 Å². The number of nitrogens with one attached hydrogen (secondary N) is 1. The highest BCUT2D eigenvalue weighted by Gasteiger charge is 2.07. The molecule has 0 saturated heterocycles. The number of hydrogen-bond donors (Lipinski definition) is 2. The fourth-order valence-corrected chi connectivity index (χ4v) is 3.20. The Morgan fingerprint density at radius 1 is 1.42 bits per heavy atom. The van der Waals surface area contributed by atoms with Crippen molar-refractivity contribution in [2.75, 3.05) is 5.73 Å². The van der Waals surface area contributed by atoms with Crippen LogP contribution in [-0.4, -0.2) is 19.9 Å². The zero-order chi connectivity index (χ0) is 13.2. The molecule has 3 N–H and O–H groups in total. The first-order chi connectivity index (χ1) is 9.22. The van der Waals surface area contributed by atoms with E-state index in [1.807, 2.05) is 17.5 Å². The summed E-state index contributed by atoms with van der Waals surface area (Å²) < 4.78 is 1.21. The Kier molecular flexibility index (Phi) is 3.18. The van der Waals surface area contributed by atoms with Crippen molar-refractivity contribution in [1.29, 1.82) is 0 Å². The molecule has 0 atom stereocenters. The van der Waals surface area contributed by atoms with E-state index in [2.05, 4.69) is 19.9 Å². The summed E-state index contributed by atoms with van der Waals surface area (Å²) in [5.74, 6) is 0.729. The molecule has 0 radical (unpaired) electrons.